The van der Waals surface area contributed by atoms with Gasteiger partial charge in [-0.15, -0.1) is 0 Å². The molecular weight excluding hydrogens is 795 g/mol. The van der Waals surface area contributed by atoms with Crippen molar-refractivity contribution in [1.82, 2.24) is 4.57 Å². The molecule has 1 heterocycles. The van der Waals surface area contributed by atoms with Gasteiger partial charge in [0, 0.05) is 16.5 Å². The minimum atomic E-state index is 1.18. The maximum absolute atomic E-state index is 2.37. The SMILES string of the molecule is Cc1ccc(-c2ccc3c(c2)c2ccccc2n3-c2ccc(-c3ccccc3)cc2)cc1.Cc1ccc2c(c1)C(=C(c1ccccc1)c1ccccc1)c1ccccc1-2.Cc1ccccc1. The molecule has 0 amide bonds. The molecule has 0 saturated heterocycles. The lowest BCUT2D eigenvalue weighted by atomic mass is 9.88. The predicted octanol–water partition coefficient (Wildman–Crippen LogP) is 17.4. The average Bonchev–Trinajstić information content (AvgIpc) is 3.88. The Kier molecular flexibility index (Phi) is 11.9. The van der Waals surface area contributed by atoms with Crippen LogP contribution in [-0.4, -0.2) is 4.57 Å². The summed E-state index contributed by atoms with van der Waals surface area (Å²) in [7, 11) is 0. The second-order valence-corrected chi connectivity index (χ2v) is 17.1. The minimum Gasteiger partial charge on any atom is -0.309 e. The van der Waals surface area contributed by atoms with E-state index in [0.29, 0.717) is 0 Å². The maximum atomic E-state index is 2.37. The van der Waals surface area contributed by atoms with Gasteiger partial charge in [-0.3, -0.25) is 0 Å². The van der Waals surface area contributed by atoms with Gasteiger partial charge in [0.15, 0.2) is 0 Å². The fourth-order valence-electron chi connectivity index (χ4n) is 9.26. The number of benzene rings is 10. The summed E-state index contributed by atoms with van der Waals surface area (Å²) in [5.74, 6) is 0. The lowest BCUT2D eigenvalue weighted by Crippen LogP contribution is -1.94. The summed E-state index contributed by atoms with van der Waals surface area (Å²) >= 11 is 0. The molecule has 0 radical (unpaired) electrons. The number of para-hydroxylation sites is 1. The van der Waals surface area contributed by atoms with Gasteiger partial charge < -0.3 is 4.57 Å². The van der Waals surface area contributed by atoms with Gasteiger partial charge in [-0.2, -0.15) is 0 Å². The van der Waals surface area contributed by atoms with Crippen LogP contribution in [0.1, 0.15) is 38.9 Å². The van der Waals surface area contributed by atoms with Crippen molar-refractivity contribution in [3.63, 3.8) is 0 Å². The summed E-state index contributed by atoms with van der Waals surface area (Å²) in [6.07, 6.45) is 0. The Hall–Kier alpha value is -8.26. The Balaban J connectivity index is 0.000000136. The van der Waals surface area contributed by atoms with Crippen molar-refractivity contribution in [1.29, 1.82) is 0 Å². The number of aryl methyl sites for hydroxylation is 3. The third kappa shape index (κ3) is 8.55. The summed E-state index contributed by atoms with van der Waals surface area (Å²) in [5.41, 5.74) is 23.0. The fraction of sp³-hybridized carbons (Fsp3) is 0.0462. The lowest BCUT2D eigenvalue weighted by Gasteiger charge is -2.15. The topological polar surface area (TPSA) is 4.93 Å². The standard InChI is InChI=1S/C31H23N.C27H20.C7H8/c1-22-11-13-25(14-12-22)26-17-20-31-29(21-26)28-9-5-6-10-30(28)32(31)27-18-15-24(16-19-27)23-7-3-2-4-8-23;1-19-16-17-23-22-14-8-9-15-24(22)27(25(23)18-19)26(20-10-4-2-5-11-20)21-12-6-3-7-13-21;1-7-5-3-2-4-6-7/h2-21H,1H3;2-18H,1H3;2-6H,1H3. The monoisotopic (exact) mass is 845 g/mol. The Morgan fingerprint density at radius 2 is 0.742 bits per heavy atom. The maximum Gasteiger partial charge on any atom is 0.0541 e. The number of hydrogen-bond donors (Lipinski definition) is 0. The molecule has 0 atom stereocenters. The molecule has 316 valence electrons. The van der Waals surface area contributed by atoms with Crippen molar-refractivity contribution in [3.8, 4) is 39.1 Å². The highest BCUT2D eigenvalue weighted by Crippen LogP contribution is 2.49. The first-order valence-corrected chi connectivity index (χ1v) is 22.8. The smallest absolute Gasteiger partial charge is 0.0541 e. The number of rotatable bonds is 5. The Morgan fingerprint density at radius 3 is 1.38 bits per heavy atom. The van der Waals surface area contributed by atoms with E-state index in [1.165, 1.54) is 111 Å². The molecule has 1 aliphatic rings. The Labute approximate surface area is 389 Å². The second kappa shape index (κ2) is 18.8. The highest BCUT2D eigenvalue weighted by Gasteiger charge is 2.27. The molecule has 1 aliphatic carbocycles. The van der Waals surface area contributed by atoms with Crippen LogP contribution in [0, 0.1) is 20.8 Å². The van der Waals surface area contributed by atoms with Crippen LogP contribution in [0.5, 0.6) is 0 Å². The van der Waals surface area contributed by atoms with Crippen LogP contribution in [0.3, 0.4) is 0 Å². The normalized spacial score (nSPS) is 11.2. The van der Waals surface area contributed by atoms with Crippen molar-refractivity contribution < 1.29 is 0 Å². The molecule has 1 nitrogen and oxygen atoms in total. The minimum absolute atomic E-state index is 1.18. The van der Waals surface area contributed by atoms with Gasteiger partial charge in [0.05, 0.1) is 11.0 Å². The summed E-state index contributed by atoms with van der Waals surface area (Å²) in [4.78, 5) is 0. The van der Waals surface area contributed by atoms with Gasteiger partial charge in [-0.1, -0.05) is 241 Å². The molecule has 0 bridgehead atoms. The Morgan fingerprint density at radius 1 is 0.288 bits per heavy atom. The van der Waals surface area contributed by atoms with Crippen molar-refractivity contribution in [2.24, 2.45) is 0 Å². The first-order valence-electron chi connectivity index (χ1n) is 22.8. The zero-order valence-corrected chi connectivity index (χ0v) is 37.7. The van der Waals surface area contributed by atoms with E-state index in [1.54, 1.807) is 0 Å². The van der Waals surface area contributed by atoms with E-state index < -0.39 is 0 Å². The van der Waals surface area contributed by atoms with Crippen LogP contribution in [0.25, 0.3) is 72.0 Å². The van der Waals surface area contributed by atoms with E-state index in [0.717, 1.165) is 0 Å². The molecule has 11 aromatic rings. The fourth-order valence-corrected chi connectivity index (χ4v) is 9.26. The van der Waals surface area contributed by atoms with Gasteiger partial charge in [0.25, 0.3) is 0 Å². The van der Waals surface area contributed by atoms with Crippen LogP contribution in [-0.2, 0) is 0 Å². The molecule has 10 aromatic carbocycles. The quantitative estimate of drug-likeness (QED) is 0.163. The largest absolute Gasteiger partial charge is 0.309 e. The highest BCUT2D eigenvalue weighted by atomic mass is 15.0. The van der Waals surface area contributed by atoms with Crippen LogP contribution in [0.2, 0.25) is 0 Å². The zero-order chi connectivity index (χ0) is 44.8. The van der Waals surface area contributed by atoms with Gasteiger partial charge in [0.2, 0.25) is 0 Å². The molecule has 1 heteroatoms. The molecule has 0 unspecified atom stereocenters. The molecule has 0 spiro atoms. The van der Waals surface area contributed by atoms with Crippen LogP contribution >= 0.6 is 0 Å². The van der Waals surface area contributed by atoms with Crippen LogP contribution < -0.4 is 0 Å². The summed E-state index contributed by atoms with van der Waals surface area (Å²) in [6, 6.07) is 91.1. The van der Waals surface area contributed by atoms with Crippen molar-refractivity contribution in [2.45, 2.75) is 20.8 Å². The van der Waals surface area contributed by atoms with E-state index in [2.05, 4.69) is 262 Å². The summed E-state index contributed by atoms with van der Waals surface area (Å²) < 4.78 is 2.37. The number of nitrogens with zero attached hydrogens (tertiary/aromatic N) is 1. The molecule has 0 fully saturated rings. The summed E-state index contributed by atoms with van der Waals surface area (Å²) in [5, 5.41) is 2.56. The van der Waals surface area contributed by atoms with Crippen molar-refractivity contribution >= 4 is 33.0 Å². The van der Waals surface area contributed by atoms with E-state index in [9.17, 15) is 0 Å². The van der Waals surface area contributed by atoms with E-state index >= 15 is 0 Å². The highest BCUT2D eigenvalue weighted by molar-refractivity contribution is 6.14. The molecule has 0 aliphatic heterocycles. The number of aromatic nitrogens is 1. The molecule has 0 saturated carbocycles. The molecule has 1 aromatic heterocycles. The van der Waals surface area contributed by atoms with E-state index in [4.69, 9.17) is 0 Å². The third-order valence-electron chi connectivity index (χ3n) is 12.5. The van der Waals surface area contributed by atoms with Gasteiger partial charge in [-0.05, 0) is 118 Å². The van der Waals surface area contributed by atoms with E-state index in [-0.39, 0.29) is 0 Å². The second-order valence-electron chi connectivity index (χ2n) is 17.1. The van der Waals surface area contributed by atoms with Gasteiger partial charge in [0.1, 0.15) is 0 Å². The first-order chi connectivity index (χ1) is 32.5. The van der Waals surface area contributed by atoms with E-state index in [1.807, 2.05) is 18.2 Å². The third-order valence-corrected chi connectivity index (χ3v) is 12.5. The van der Waals surface area contributed by atoms with Crippen LogP contribution in [0.15, 0.2) is 255 Å². The lowest BCUT2D eigenvalue weighted by molar-refractivity contribution is 1.18. The average molecular weight is 846 g/mol. The molecule has 12 rings (SSSR count). The van der Waals surface area contributed by atoms with Gasteiger partial charge >= 0.3 is 0 Å². The summed E-state index contributed by atoms with van der Waals surface area (Å²) in [6.45, 7) is 6.38. The first kappa shape index (κ1) is 41.7. The van der Waals surface area contributed by atoms with Crippen molar-refractivity contribution in [2.75, 3.05) is 0 Å². The Bertz CT molecular complexity index is 3390. The molecule has 66 heavy (non-hydrogen) atoms. The predicted molar refractivity (Wildman–Crippen MR) is 282 cm³/mol. The van der Waals surface area contributed by atoms with Crippen molar-refractivity contribution in [3.05, 3.63) is 294 Å². The van der Waals surface area contributed by atoms with Gasteiger partial charge in [-0.25, -0.2) is 0 Å². The number of hydrogen-bond acceptors (Lipinski definition) is 0. The van der Waals surface area contributed by atoms with Crippen LogP contribution in [0.4, 0.5) is 0 Å². The molecule has 0 N–H and O–H groups in total. The number of fused-ring (bicyclic) bond motifs is 6. The zero-order valence-electron chi connectivity index (χ0n) is 37.7. The molecular formula is C65H51N.